The summed E-state index contributed by atoms with van der Waals surface area (Å²) in [4.78, 5) is 28.5. The highest BCUT2D eigenvalue weighted by Gasteiger charge is 2.23. The molecule has 0 spiro atoms. The predicted octanol–water partition coefficient (Wildman–Crippen LogP) is 2.11. The Morgan fingerprint density at radius 1 is 1.00 bits per heavy atom. The number of nitrogens with zero attached hydrogens (tertiary/aromatic N) is 2. The smallest absolute Gasteiger partial charge is 0.251 e. The fourth-order valence-electron chi connectivity index (χ4n) is 2.00. The van der Waals surface area contributed by atoms with Gasteiger partial charge in [0, 0.05) is 6.20 Å². The average molecular weight is 266 g/mol. The molecule has 0 bridgehead atoms. The Hall–Kier alpha value is -2.95. The van der Waals surface area contributed by atoms with Gasteiger partial charge in [0.05, 0.1) is 11.8 Å². The zero-order valence-corrected chi connectivity index (χ0v) is 10.4. The molecule has 0 saturated heterocycles. The topological polar surface area (TPSA) is 71.7 Å². The lowest BCUT2D eigenvalue weighted by atomic mass is 10.0. The number of phenols is 1. The quantitative estimate of drug-likeness (QED) is 0.582. The summed E-state index contributed by atoms with van der Waals surface area (Å²) in [6.45, 7) is 0. The van der Waals surface area contributed by atoms with Crippen LogP contribution in [0.1, 0.15) is 20.8 Å². The molecule has 0 fully saturated rings. The van der Waals surface area contributed by atoms with Crippen molar-refractivity contribution in [2.75, 3.05) is 0 Å². The number of aromatic hydroxyl groups is 1. The zero-order valence-electron chi connectivity index (χ0n) is 10.4. The molecule has 0 aliphatic heterocycles. The number of para-hydroxylation sites is 1. The number of imidazole rings is 1. The molecule has 0 radical (unpaired) electrons. The third-order valence-electron chi connectivity index (χ3n) is 3.00. The highest BCUT2D eigenvalue weighted by molar-refractivity contribution is 6.49. The Labute approximate surface area is 114 Å². The lowest BCUT2D eigenvalue weighted by Gasteiger charge is -2.02. The lowest BCUT2D eigenvalue weighted by molar-refractivity contribution is 0.0811. The minimum Gasteiger partial charge on any atom is -0.507 e. The molecule has 1 N–H and O–H groups in total. The highest BCUT2D eigenvalue weighted by atomic mass is 16.3. The maximum atomic E-state index is 12.3. The van der Waals surface area contributed by atoms with Crippen LogP contribution in [0, 0.1) is 0 Å². The summed E-state index contributed by atoms with van der Waals surface area (Å²) >= 11 is 0. The van der Waals surface area contributed by atoms with E-state index in [-0.39, 0.29) is 17.0 Å². The van der Waals surface area contributed by atoms with Crippen LogP contribution in [-0.2, 0) is 0 Å². The van der Waals surface area contributed by atoms with E-state index in [0.29, 0.717) is 5.65 Å². The van der Waals surface area contributed by atoms with E-state index in [1.807, 2.05) is 0 Å². The fraction of sp³-hybridized carbons (Fsp3) is 0. The number of pyridine rings is 1. The Morgan fingerprint density at radius 3 is 2.55 bits per heavy atom. The van der Waals surface area contributed by atoms with Gasteiger partial charge in [-0.05, 0) is 24.3 Å². The summed E-state index contributed by atoms with van der Waals surface area (Å²) in [5.41, 5.74) is 0.748. The second kappa shape index (κ2) is 4.62. The van der Waals surface area contributed by atoms with Gasteiger partial charge in [-0.15, -0.1) is 0 Å². The summed E-state index contributed by atoms with van der Waals surface area (Å²) in [7, 11) is 0. The first-order valence-corrected chi connectivity index (χ1v) is 5.97. The van der Waals surface area contributed by atoms with Crippen molar-refractivity contribution < 1.29 is 14.7 Å². The average Bonchev–Trinajstić information content (AvgIpc) is 2.90. The van der Waals surface area contributed by atoms with Gasteiger partial charge in [-0.3, -0.25) is 14.0 Å². The van der Waals surface area contributed by atoms with Crippen LogP contribution in [-0.4, -0.2) is 26.1 Å². The number of fused-ring (bicyclic) bond motifs is 1. The molecule has 0 saturated carbocycles. The summed E-state index contributed by atoms with van der Waals surface area (Å²) < 4.78 is 1.54. The van der Waals surface area contributed by atoms with E-state index in [4.69, 9.17) is 0 Å². The van der Waals surface area contributed by atoms with E-state index in [0.717, 1.165) is 0 Å². The molecule has 0 aliphatic rings. The number of rotatable bonds is 3. The lowest BCUT2D eigenvalue weighted by Crippen LogP contribution is -2.16. The number of phenolic OH excluding ortho intramolecular Hbond substituents is 1. The van der Waals surface area contributed by atoms with Crippen LogP contribution in [0.2, 0.25) is 0 Å². The molecule has 1 aromatic carbocycles. The molecule has 98 valence electrons. The molecule has 0 unspecified atom stereocenters. The molecular weight excluding hydrogens is 256 g/mol. The summed E-state index contributed by atoms with van der Waals surface area (Å²) in [6.07, 6.45) is 3.02. The Balaban J connectivity index is 2.05. The van der Waals surface area contributed by atoms with Crippen LogP contribution in [0.15, 0.2) is 54.9 Å². The van der Waals surface area contributed by atoms with Gasteiger partial charge in [-0.25, -0.2) is 4.98 Å². The van der Waals surface area contributed by atoms with Crippen molar-refractivity contribution in [3.8, 4) is 5.75 Å². The molecule has 0 amide bonds. The third kappa shape index (κ3) is 1.85. The Morgan fingerprint density at radius 2 is 1.75 bits per heavy atom. The monoisotopic (exact) mass is 266 g/mol. The number of carbonyl (C=O) groups is 2. The molecule has 0 atom stereocenters. The van der Waals surface area contributed by atoms with Gasteiger partial charge in [-0.1, -0.05) is 18.2 Å². The molecule has 5 heteroatoms. The van der Waals surface area contributed by atoms with E-state index >= 15 is 0 Å². The van der Waals surface area contributed by atoms with Gasteiger partial charge in [-0.2, -0.15) is 0 Å². The van der Waals surface area contributed by atoms with E-state index in [9.17, 15) is 14.7 Å². The van der Waals surface area contributed by atoms with Crippen molar-refractivity contribution in [3.05, 3.63) is 66.1 Å². The van der Waals surface area contributed by atoms with Crippen LogP contribution >= 0.6 is 0 Å². The van der Waals surface area contributed by atoms with Crippen molar-refractivity contribution in [2.45, 2.75) is 0 Å². The van der Waals surface area contributed by atoms with E-state index in [1.54, 1.807) is 40.9 Å². The molecule has 3 aromatic rings. The standard InChI is InChI=1S/C15H10N2O3/c18-12-6-2-1-5-10(12)14(19)15(20)11-9-16-13-7-3-4-8-17(11)13/h1-9,18H. The second-order valence-electron chi connectivity index (χ2n) is 4.25. The van der Waals surface area contributed by atoms with Crippen molar-refractivity contribution in [3.63, 3.8) is 0 Å². The molecular formula is C15H10N2O3. The SMILES string of the molecule is O=C(C(=O)c1cnc2ccccn12)c1ccccc1O. The van der Waals surface area contributed by atoms with E-state index in [1.165, 1.54) is 18.3 Å². The Bertz CT molecular complexity index is 821. The first kappa shape index (κ1) is 12.1. The maximum Gasteiger partial charge on any atom is 0.251 e. The predicted molar refractivity (Wildman–Crippen MR) is 72.0 cm³/mol. The van der Waals surface area contributed by atoms with Gasteiger partial charge in [0.15, 0.2) is 0 Å². The van der Waals surface area contributed by atoms with Crippen LogP contribution in [0.5, 0.6) is 5.75 Å². The number of Topliss-reactive ketones (excluding diaryl/α,β-unsaturated/α-hetero) is 2. The first-order valence-electron chi connectivity index (χ1n) is 5.97. The van der Waals surface area contributed by atoms with Crippen molar-refractivity contribution in [2.24, 2.45) is 0 Å². The van der Waals surface area contributed by atoms with Gasteiger partial charge in [0.2, 0.25) is 5.78 Å². The van der Waals surface area contributed by atoms with Crippen molar-refractivity contribution in [1.29, 1.82) is 0 Å². The van der Waals surface area contributed by atoms with E-state index < -0.39 is 11.6 Å². The third-order valence-corrected chi connectivity index (χ3v) is 3.00. The van der Waals surface area contributed by atoms with Gasteiger partial charge >= 0.3 is 0 Å². The molecule has 3 rings (SSSR count). The van der Waals surface area contributed by atoms with Crippen LogP contribution in [0.3, 0.4) is 0 Å². The van der Waals surface area contributed by atoms with Crippen LogP contribution < -0.4 is 0 Å². The second-order valence-corrected chi connectivity index (χ2v) is 4.25. The molecule has 2 aromatic heterocycles. The fourth-order valence-corrected chi connectivity index (χ4v) is 2.00. The summed E-state index contributed by atoms with van der Waals surface area (Å²) in [5, 5.41) is 9.65. The largest absolute Gasteiger partial charge is 0.507 e. The highest BCUT2D eigenvalue weighted by Crippen LogP contribution is 2.18. The molecule has 0 aliphatic carbocycles. The Kier molecular flexibility index (Phi) is 2.80. The van der Waals surface area contributed by atoms with Crippen LogP contribution in [0.25, 0.3) is 5.65 Å². The normalized spacial score (nSPS) is 10.6. The summed E-state index contributed by atoms with van der Waals surface area (Å²) in [6, 6.07) is 11.2. The molecule has 2 heterocycles. The number of benzene rings is 1. The number of aromatic nitrogens is 2. The minimum atomic E-state index is -0.756. The van der Waals surface area contributed by atoms with Crippen LogP contribution in [0.4, 0.5) is 0 Å². The number of hydrogen-bond donors (Lipinski definition) is 1. The number of carbonyl (C=O) groups excluding carboxylic acids is 2. The zero-order chi connectivity index (χ0) is 14.1. The number of hydrogen-bond acceptors (Lipinski definition) is 4. The minimum absolute atomic E-state index is 0.0108. The maximum absolute atomic E-state index is 12.3. The van der Waals surface area contributed by atoms with E-state index in [2.05, 4.69) is 4.98 Å². The van der Waals surface area contributed by atoms with Crippen molar-refractivity contribution >= 4 is 17.2 Å². The summed E-state index contributed by atoms with van der Waals surface area (Å²) in [5.74, 6) is -1.67. The van der Waals surface area contributed by atoms with Crippen molar-refractivity contribution in [1.82, 2.24) is 9.38 Å². The first-order chi connectivity index (χ1) is 9.68. The van der Waals surface area contributed by atoms with Gasteiger partial charge in [0.25, 0.3) is 5.78 Å². The molecule has 20 heavy (non-hydrogen) atoms. The number of ketones is 2. The molecule has 5 nitrogen and oxygen atoms in total. The van der Waals surface area contributed by atoms with Gasteiger partial charge < -0.3 is 5.11 Å². The van der Waals surface area contributed by atoms with Gasteiger partial charge in [0.1, 0.15) is 17.1 Å².